The number of halogens is 2. The van der Waals surface area contributed by atoms with Gasteiger partial charge in [-0.3, -0.25) is 0 Å². The van der Waals surface area contributed by atoms with E-state index in [0.29, 0.717) is 47.1 Å². The maximum absolute atomic E-state index is 13.9. The van der Waals surface area contributed by atoms with Crippen molar-refractivity contribution in [2.75, 3.05) is 25.7 Å². The second kappa shape index (κ2) is 7.63. The highest BCUT2D eigenvalue weighted by molar-refractivity contribution is 6.31. The van der Waals surface area contributed by atoms with E-state index in [0.717, 1.165) is 16.8 Å². The Morgan fingerprint density at radius 2 is 1.94 bits per heavy atom. The van der Waals surface area contributed by atoms with Crippen molar-refractivity contribution in [1.82, 2.24) is 19.9 Å². The van der Waals surface area contributed by atoms with E-state index in [1.807, 2.05) is 23.1 Å². The molecule has 0 aliphatic carbocycles. The highest BCUT2D eigenvalue weighted by atomic mass is 35.5. The Bertz CT molecular complexity index is 1320. The summed E-state index contributed by atoms with van der Waals surface area (Å²) in [6.45, 7) is 0.644. The minimum atomic E-state index is -0.420. The van der Waals surface area contributed by atoms with E-state index in [1.165, 1.54) is 19.5 Å². The summed E-state index contributed by atoms with van der Waals surface area (Å²) in [5.74, 6) is 1.13. The van der Waals surface area contributed by atoms with Crippen molar-refractivity contribution >= 4 is 34.1 Å². The number of benzene rings is 1. The average molecular weight is 438 g/mol. The lowest BCUT2D eigenvalue weighted by Crippen LogP contribution is -2.16. The molecule has 156 valence electrons. The maximum atomic E-state index is 13.9. The molecular formula is C22H17ClFN5O2. The van der Waals surface area contributed by atoms with Crippen LogP contribution in [-0.2, 0) is 6.42 Å². The van der Waals surface area contributed by atoms with Gasteiger partial charge in [0.15, 0.2) is 11.6 Å². The maximum Gasteiger partial charge on any atom is 0.256 e. The second-order valence-corrected chi connectivity index (χ2v) is 7.40. The van der Waals surface area contributed by atoms with Crippen molar-refractivity contribution in [1.29, 1.82) is 0 Å². The van der Waals surface area contributed by atoms with Gasteiger partial charge < -0.3 is 14.4 Å². The Balaban J connectivity index is 1.63. The molecule has 4 heterocycles. The van der Waals surface area contributed by atoms with Crippen molar-refractivity contribution in [3.63, 3.8) is 0 Å². The van der Waals surface area contributed by atoms with Crippen molar-refractivity contribution in [2.45, 2.75) is 6.42 Å². The highest BCUT2D eigenvalue weighted by Crippen LogP contribution is 2.39. The van der Waals surface area contributed by atoms with E-state index in [-0.39, 0.29) is 5.02 Å². The number of ether oxygens (including phenoxy) is 2. The summed E-state index contributed by atoms with van der Waals surface area (Å²) in [5, 5.41) is 0.0778. The van der Waals surface area contributed by atoms with Gasteiger partial charge in [0.2, 0.25) is 0 Å². The number of fused-ring (bicyclic) bond motifs is 2. The van der Waals surface area contributed by atoms with Gasteiger partial charge in [0.05, 0.1) is 30.5 Å². The fraction of sp³-hybridized carbons (Fsp3) is 0.182. The van der Waals surface area contributed by atoms with Crippen LogP contribution < -0.4 is 14.4 Å². The molecule has 0 radical (unpaired) electrons. The Kier molecular flexibility index (Phi) is 4.78. The topological polar surface area (TPSA) is 73.3 Å². The summed E-state index contributed by atoms with van der Waals surface area (Å²) < 4.78 is 24.5. The number of nitrogens with zero attached hydrogens (tertiary/aromatic N) is 5. The first-order valence-electron chi connectivity index (χ1n) is 9.54. The summed E-state index contributed by atoms with van der Waals surface area (Å²) in [7, 11) is 3.09. The van der Waals surface area contributed by atoms with Gasteiger partial charge in [0.25, 0.3) is 5.88 Å². The van der Waals surface area contributed by atoms with E-state index in [9.17, 15) is 4.39 Å². The highest BCUT2D eigenvalue weighted by Gasteiger charge is 2.25. The van der Waals surface area contributed by atoms with Crippen LogP contribution in [0.1, 0.15) is 5.56 Å². The van der Waals surface area contributed by atoms with Crippen LogP contribution in [0.15, 0.2) is 42.9 Å². The molecule has 0 N–H and O–H groups in total. The molecule has 7 nitrogen and oxygen atoms in total. The SMILES string of the molecule is COc1cc(-c2ccc3ncnc(N4CCc5cc(F)c(Cl)cc54)c3n2)cnc1OC. The van der Waals surface area contributed by atoms with Gasteiger partial charge in [-0.05, 0) is 42.3 Å². The summed E-state index contributed by atoms with van der Waals surface area (Å²) in [4.78, 5) is 20.0. The molecule has 1 aliphatic rings. The van der Waals surface area contributed by atoms with E-state index in [1.54, 1.807) is 19.4 Å². The van der Waals surface area contributed by atoms with Crippen molar-refractivity contribution in [2.24, 2.45) is 0 Å². The third kappa shape index (κ3) is 3.29. The Morgan fingerprint density at radius 3 is 2.74 bits per heavy atom. The van der Waals surface area contributed by atoms with Crippen LogP contribution in [0.4, 0.5) is 15.9 Å². The second-order valence-electron chi connectivity index (χ2n) is 6.99. The van der Waals surface area contributed by atoms with E-state index < -0.39 is 5.82 Å². The van der Waals surface area contributed by atoms with Crippen LogP contribution in [0.25, 0.3) is 22.3 Å². The van der Waals surface area contributed by atoms with Gasteiger partial charge in [-0.1, -0.05) is 11.6 Å². The third-order valence-corrected chi connectivity index (χ3v) is 5.55. The Hall–Kier alpha value is -3.52. The summed E-state index contributed by atoms with van der Waals surface area (Å²) in [6.07, 6.45) is 3.86. The zero-order chi connectivity index (χ0) is 21.5. The lowest BCUT2D eigenvalue weighted by atomic mass is 10.1. The van der Waals surface area contributed by atoms with E-state index in [2.05, 4.69) is 15.0 Å². The van der Waals surface area contributed by atoms with Crippen LogP contribution in [0, 0.1) is 5.82 Å². The molecule has 0 spiro atoms. The van der Waals surface area contributed by atoms with Gasteiger partial charge in [0.1, 0.15) is 17.7 Å². The number of hydrogen-bond acceptors (Lipinski definition) is 7. The zero-order valence-electron chi connectivity index (χ0n) is 16.8. The number of rotatable bonds is 4. The van der Waals surface area contributed by atoms with Gasteiger partial charge >= 0.3 is 0 Å². The largest absolute Gasteiger partial charge is 0.491 e. The van der Waals surface area contributed by atoms with Crippen LogP contribution in [0.3, 0.4) is 0 Å². The molecule has 5 rings (SSSR count). The van der Waals surface area contributed by atoms with Gasteiger partial charge in [-0.15, -0.1) is 0 Å². The number of pyridine rings is 2. The summed E-state index contributed by atoms with van der Waals surface area (Å²) >= 11 is 6.04. The molecule has 9 heteroatoms. The van der Waals surface area contributed by atoms with Gasteiger partial charge in [-0.2, -0.15) is 0 Å². The number of hydrogen-bond donors (Lipinski definition) is 0. The Labute approximate surface area is 182 Å². The predicted octanol–water partition coefficient (Wildman–Crippen LogP) is 4.59. The third-order valence-electron chi connectivity index (χ3n) is 5.26. The first-order chi connectivity index (χ1) is 15.1. The van der Waals surface area contributed by atoms with Crippen molar-refractivity contribution in [3.8, 4) is 22.9 Å². The van der Waals surface area contributed by atoms with Gasteiger partial charge in [-0.25, -0.2) is 24.3 Å². The zero-order valence-corrected chi connectivity index (χ0v) is 17.5. The summed E-state index contributed by atoms with van der Waals surface area (Å²) in [6, 6.07) is 8.68. The van der Waals surface area contributed by atoms with Crippen LogP contribution in [0.5, 0.6) is 11.6 Å². The molecule has 1 aromatic carbocycles. The number of aromatic nitrogens is 4. The van der Waals surface area contributed by atoms with E-state index >= 15 is 0 Å². The lowest BCUT2D eigenvalue weighted by molar-refractivity contribution is 0.343. The molecule has 4 aromatic rings. The quantitative estimate of drug-likeness (QED) is 0.462. The standard InChI is InChI=1S/C22H17ClFN5O2/c1-30-19-8-13(10-25-22(19)31-2)16-3-4-17-20(28-16)21(27-11-26-17)29-6-5-12-7-15(24)14(23)9-18(12)29/h3-4,7-11H,5-6H2,1-2H3. The molecule has 0 fully saturated rings. The monoisotopic (exact) mass is 437 g/mol. The van der Waals surface area contributed by atoms with Crippen LogP contribution >= 0.6 is 11.6 Å². The predicted molar refractivity (Wildman–Crippen MR) is 116 cm³/mol. The Morgan fingerprint density at radius 1 is 1.06 bits per heavy atom. The average Bonchev–Trinajstić information content (AvgIpc) is 3.20. The fourth-order valence-electron chi connectivity index (χ4n) is 3.76. The molecule has 31 heavy (non-hydrogen) atoms. The molecule has 0 atom stereocenters. The normalized spacial score (nSPS) is 12.8. The first kappa shape index (κ1) is 19.4. The molecule has 0 saturated carbocycles. The molecular weight excluding hydrogens is 421 g/mol. The molecule has 0 amide bonds. The van der Waals surface area contributed by atoms with Crippen LogP contribution in [-0.4, -0.2) is 40.7 Å². The first-order valence-corrected chi connectivity index (χ1v) is 9.92. The molecule has 3 aromatic heterocycles. The minimum absolute atomic E-state index is 0.0778. The molecule has 0 unspecified atom stereocenters. The lowest BCUT2D eigenvalue weighted by Gasteiger charge is -2.20. The fourth-order valence-corrected chi connectivity index (χ4v) is 3.92. The molecule has 0 bridgehead atoms. The smallest absolute Gasteiger partial charge is 0.256 e. The van der Waals surface area contributed by atoms with Crippen molar-refractivity contribution < 1.29 is 13.9 Å². The molecule has 1 aliphatic heterocycles. The van der Waals surface area contributed by atoms with E-state index in [4.69, 9.17) is 26.1 Å². The van der Waals surface area contributed by atoms with Gasteiger partial charge in [0, 0.05) is 24.0 Å². The van der Waals surface area contributed by atoms with Crippen LogP contribution in [0.2, 0.25) is 5.02 Å². The minimum Gasteiger partial charge on any atom is -0.491 e. The van der Waals surface area contributed by atoms with Crippen molar-refractivity contribution in [3.05, 3.63) is 59.3 Å². The summed E-state index contributed by atoms with van der Waals surface area (Å²) in [5.41, 5.74) is 4.49. The molecule has 0 saturated heterocycles. The number of anilines is 2. The number of methoxy groups -OCH3 is 2.